The second-order valence-corrected chi connectivity index (χ2v) is 4.34. The van der Waals surface area contributed by atoms with Gasteiger partial charge in [0.1, 0.15) is 5.69 Å². The van der Waals surface area contributed by atoms with E-state index < -0.39 is 17.6 Å². The number of alkyl halides is 3. The summed E-state index contributed by atoms with van der Waals surface area (Å²) in [6, 6.07) is 0.773. The van der Waals surface area contributed by atoms with E-state index in [1.165, 1.54) is 12.3 Å². The van der Waals surface area contributed by atoms with Gasteiger partial charge in [0.2, 0.25) is 0 Å². The number of aromatic nitrogens is 2. The van der Waals surface area contributed by atoms with E-state index in [0.29, 0.717) is 0 Å². The molecule has 20 heavy (non-hydrogen) atoms. The van der Waals surface area contributed by atoms with Gasteiger partial charge in [-0.2, -0.15) is 13.2 Å². The summed E-state index contributed by atoms with van der Waals surface area (Å²) in [5.41, 5.74) is -0.845. The number of pyridine rings is 1. The minimum atomic E-state index is -4.52. The van der Waals surface area contributed by atoms with Crippen molar-refractivity contribution in [3.05, 3.63) is 47.4 Å². The Bertz CT molecular complexity index is 678. The normalized spacial score (nSPS) is 11.6. The van der Waals surface area contributed by atoms with E-state index >= 15 is 0 Å². The van der Waals surface area contributed by atoms with Crippen LogP contribution in [-0.2, 0) is 6.18 Å². The van der Waals surface area contributed by atoms with Crippen molar-refractivity contribution in [2.45, 2.75) is 6.18 Å². The van der Waals surface area contributed by atoms with Crippen LogP contribution in [0.15, 0.2) is 31.1 Å². The van der Waals surface area contributed by atoms with Crippen LogP contribution in [-0.4, -0.2) is 21.8 Å². The van der Waals surface area contributed by atoms with Gasteiger partial charge in [0, 0.05) is 18.9 Å². The highest BCUT2D eigenvalue weighted by Crippen LogP contribution is 2.32. The molecule has 2 aromatic heterocycles. The molecule has 0 bridgehead atoms. The molecular formula is C12H9ClF3N3O. The molecule has 2 rings (SSSR count). The zero-order chi connectivity index (χ0) is 14.9. The van der Waals surface area contributed by atoms with Crippen LogP contribution in [0.1, 0.15) is 16.1 Å². The molecular weight excluding hydrogens is 295 g/mol. The smallest absolute Gasteiger partial charge is 0.347 e. The molecule has 0 saturated carbocycles. The van der Waals surface area contributed by atoms with Gasteiger partial charge in [-0.3, -0.25) is 4.79 Å². The number of hydrogen-bond acceptors (Lipinski definition) is 2. The molecule has 0 aromatic carbocycles. The molecule has 1 amide bonds. The summed E-state index contributed by atoms with van der Waals surface area (Å²) in [5.74, 6) is -0.516. The Morgan fingerprint density at radius 3 is 2.80 bits per heavy atom. The van der Waals surface area contributed by atoms with Crippen LogP contribution in [0.2, 0.25) is 5.02 Å². The monoisotopic (exact) mass is 303 g/mol. The molecule has 0 fully saturated rings. The molecule has 0 aliphatic rings. The molecule has 0 unspecified atom stereocenters. The van der Waals surface area contributed by atoms with Gasteiger partial charge in [-0.25, -0.2) is 4.98 Å². The lowest BCUT2D eigenvalue weighted by Gasteiger charge is -2.07. The highest BCUT2D eigenvalue weighted by atomic mass is 35.5. The minimum absolute atomic E-state index is 0.0203. The van der Waals surface area contributed by atoms with Crippen LogP contribution in [0.5, 0.6) is 0 Å². The van der Waals surface area contributed by atoms with Crippen molar-refractivity contribution in [1.29, 1.82) is 0 Å². The molecule has 0 aliphatic heterocycles. The topological polar surface area (TPSA) is 46.4 Å². The lowest BCUT2D eigenvalue weighted by molar-refractivity contribution is -0.137. The van der Waals surface area contributed by atoms with Crippen LogP contribution in [0.4, 0.5) is 13.2 Å². The van der Waals surface area contributed by atoms with Gasteiger partial charge in [0.05, 0.1) is 10.6 Å². The molecule has 0 aliphatic carbocycles. The molecule has 4 nitrogen and oxygen atoms in total. The van der Waals surface area contributed by atoms with Gasteiger partial charge in [0.15, 0.2) is 5.65 Å². The third-order valence-electron chi connectivity index (χ3n) is 2.47. The van der Waals surface area contributed by atoms with Crippen molar-refractivity contribution in [2.75, 3.05) is 6.54 Å². The number of hydrogen-bond donors (Lipinski definition) is 1. The fourth-order valence-corrected chi connectivity index (χ4v) is 1.83. The van der Waals surface area contributed by atoms with Crippen molar-refractivity contribution in [3.8, 4) is 0 Å². The van der Waals surface area contributed by atoms with Crippen molar-refractivity contribution in [3.63, 3.8) is 0 Å². The number of halogens is 4. The molecule has 0 spiro atoms. The van der Waals surface area contributed by atoms with E-state index in [2.05, 4.69) is 16.9 Å². The summed E-state index contributed by atoms with van der Waals surface area (Å²) < 4.78 is 39.0. The van der Waals surface area contributed by atoms with Gasteiger partial charge in [0.25, 0.3) is 5.91 Å². The van der Waals surface area contributed by atoms with Crippen LogP contribution < -0.4 is 5.32 Å². The molecule has 0 atom stereocenters. The lowest BCUT2D eigenvalue weighted by Crippen LogP contribution is -2.23. The summed E-state index contributed by atoms with van der Waals surface area (Å²) in [6.07, 6.45) is -1.02. The zero-order valence-electron chi connectivity index (χ0n) is 10.0. The Balaban J connectivity index is 2.46. The van der Waals surface area contributed by atoms with E-state index in [4.69, 9.17) is 11.6 Å². The van der Waals surface area contributed by atoms with Crippen LogP contribution in [0.3, 0.4) is 0 Å². The third-order valence-corrected chi connectivity index (χ3v) is 2.75. The van der Waals surface area contributed by atoms with E-state index in [1.54, 1.807) is 0 Å². The van der Waals surface area contributed by atoms with Gasteiger partial charge in [-0.15, -0.1) is 6.58 Å². The zero-order valence-corrected chi connectivity index (χ0v) is 10.8. The summed E-state index contributed by atoms with van der Waals surface area (Å²) in [5, 5.41) is 2.30. The van der Waals surface area contributed by atoms with E-state index in [-0.39, 0.29) is 22.9 Å². The summed E-state index contributed by atoms with van der Waals surface area (Å²) in [6.45, 7) is 3.67. The Morgan fingerprint density at radius 2 is 2.20 bits per heavy atom. The summed E-state index contributed by atoms with van der Waals surface area (Å²) in [7, 11) is 0. The minimum Gasteiger partial charge on any atom is -0.347 e. The van der Waals surface area contributed by atoms with E-state index in [0.717, 1.165) is 16.7 Å². The highest BCUT2D eigenvalue weighted by molar-refractivity contribution is 6.33. The Kier molecular flexibility index (Phi) is 3.71. The lowest BCUT2D eigenvalue weighted by atomic mass is 10.3. The quantitative estimate of drug-likeness (QED) is 0.886. The van der Waals surface area contributed by atoms with Crippen molar-refractivity contribution in [1.82, 2.24) is 14.7 Å². The van der Waals surface area contributed by atoms with Crippen molar-refractivity contribution < 1.29 is 18.0 Å². The predicted molar refractivity (Wildman–Crippen MR) is 67.7 cm³/mol. The van der Waals surface area contributed by atoms with Crippen LogP contribution in [0.25, 0.3) is 5.65 Å². The number of rotatable bonds is 3. The third kappa shape index (κ3) is 2.77. The first kappa shape index (κ1) is 14.4. The van der Waals surface area contributed by atoms with E-state index in [1.807, 2.05) is 0 Å². The van der Waals surface area contributed by atoms with Crippen molar-refractivity contribution >= 4 is 23.2 Å². The van der Waals surface area contributed by atoms with Crippen LogP contribution >= 0.6 is 11.6 Å². The van der Waals surface area contributed by atoms with Crippen molar-refractivity contribution in [2.24, 2.45) is 0 Å². The van der Waals surface area contributed by atoms with Gasteiger partial charge >= 0.3 is 6.18 Å². The maximum Gasteiger partial charge on any atom is 0.417 e. The van der Waals surface area contributed by atoms with Gasteiger partial charge in [-0.05, 0) is 6.07 Å². The molecule has 8 heteroatoms. The average molecular weight is 304 g/mol. The first-order chi connectivity index (χ1) is 9.32. The first-order valence-electron chi connectivity index (χ1n) is 5.47. The SMILES string of the molecule is C=CCNC(=O)c1cn2cc(C(F)(F)F)cc(Cl)c2n1. The number of amides is 1. The molecule has 1 N–H and O–H groups in total. The van der Waals surface area contributed by atoms with Gasteiger partial charge in [-0.1, -0.05) is 17.7 Å². The molecule has 2 heterocycles. The van der Waals surface area contributed by atoms with E-state index in [9.17, 15) is 18.0 Å². The standard InChI is InChI=1S/C12H9ClF3N3O/c1-2-3-17-11(20)9-6-19-5-7(12(14,15)16)4-8(13)10(19)18-9/h2,4-6H,1,3H2,(H,17,20). The highest BCUT2D eigenvalue weighted by Gasteiger charge is 2.32. The molecule has 106 valence electrons. The maximum atomic E-state index is 12.6. The summed E-state index contributed by atoms with van der Waals surface area (Å²) >= 11 is 5.76. The fourth-order valence-electron chi connectivity index (χ4n) is 1.58. The number of nitrogens with one attached hydrogen (secondary N) is 1. The van der Waals surface area contributed by atoms with Crippen LogP contribution in [0, 0.1) is 0 Å². The largest absolute Gasteiger partial charge is 0.417 e. The summed E-state index contributed by atoms with van der Waals surface area (Å²) in [4.78, 5) is 15.6. The number of carbonyl (C=O) groups excluding carboxylic acids is 1. The number of imidazole rings is 1. The predicted octanol–water partition coefficient (Wildman–Crippen LogP) is 2.92. The maximum absolute atomic E-state index is 12.6. The second kappa shape index (κ2) is 5.16. The molecule has 0 saturated heterocycles. The number of fused-ring (bicyclic) bond motifs is 1. The first-order valence-corrected chi connectivity index (χ1v) is 5.85. The average Bonchev–Trinajstić information content (AvgIpc) is 2.79. The fraction of sp³-hybridized carbons (Fsp3) is 0.167. The second-order valence-electron chi connectivity index (χ2n) is 3.93. The Morgan fingerprint density at radius 1 is 1.50 bits per heavy atom. The molecule has 2 aromatic rings. The number of carbonyl (C=O) groups is 1. The Labute approximate surface area is 116 Å². The Hall–Kier alpha value is -2.02. The molecule has 0 radical (unpaired) electrons. The number of nitrogens with zero attached hydrogens (tertiary/aromatic N) is 2. The van der Waals surface area contributed by atoms with Gasteiger partial charge < -0.3 is 9.72 Å².